The zero-order valence-electron chi connectivity index (χ0n) is 20.4. The van der Waals surface area contributed by atoms with Gasteiger partial charge in [-0.05, 0) is 59.9 Å². The maximum absolute atomic E-state index is 13.4. The van der Waals surface area contributed by atoms with Crippen LogP contribution in [0, 0.1) is 6.92 Å². The number of Topliss-reactive ketones (excluding diaryl/α,β-unsaturated/α-hetero) is 1. The molecule has 1 aliphatic rings. The van der Waals surface area contributed by atoms with Gasteiger partial charge in [-0.2, -0.15) is 0 Å². The highest BCUT2D eigenvalue weighted by Crippen LogP contribution is 2.43. The van der Waals surface area contributed by atoms with E-state index in [0.29, 0.717) is 28.3 Å². The monoisotopic (exact) mass is 472 g/mol. The van der Waals surface area contributed by atoms with E-state index < -0.39 is 17.7 Å². The van der Waals surface area contributed by atoms with Gasteiger partial charge in [0.25, 0.3) is 11.7 Å². The molecule has 0 saturated carbocycles. The molecule has 3 aromatic rings. The number of aromatic nitrogens is 1. The minimum Gasteiger partial charge on any atom is -0.507 e. The number of nitrogens with zero attached hydrogens (tertiary/aromatic N) is 2. The number of amides is 1. The number of rotatable bonds is 6. The first-order valence-electron chi connectivity index (χ1n) is 11.3. The van der Waals surface area contributed by atoms with Gasteiger partial charge in [-0.1, -0.05) is 26.0 Å². The first kappa shape index (κ1) is 24.0. The fraction of sp³-hybridized carbons (Fsp3) is 0.250. The van der Waals surface area contributed by atoms with Crippen LogP contribution in [0.2, 0.25) is 0 Å². The van der Waals surface area contributed by atoms with E-state index in [1.165, 1.54) is 12.0 Å². The van der Waals surface area contributed by atoms with Crippen LogP contribution in [-0.2, 0) is 9.59 Å². The summed E-state index contributed by atoms with van der Waals surface area (Å²) in [5.41, 5.74) is 3.18. The summed E-state index contributed by atoms with van der Waals surface area (Å²) in [6.07, 6.45) is 3.21. The normalized spacial score (nSPS) is 17.2. The second kappa shape index (κ2) is 9.62. The molecule has 35 heavy (non-hydrogen) atoms. The second-order valence-electron chi connectivity index (χ2n) is 8.72. The molecule has 1 aliphatic heterocycles. The van der Waals surface area contributed by atoms with Crippen LogP contribution in [0.15, 0.2) is 66.5 Å². The van der Waals surface area contributed by atoms with Crippen LogP contribution < -0.4 is 14.4 Å². The molecule has 180 valence electrons. The summed E-state index contributed by atoms with van der Waals surface area (Å²) in [7, 11) is 3.13. The molecule has 1 unspecified atom stereocenters. The lowest BCUT2D eigenvalue weighted by Crippen LogP contribution is -2.29. The van der Waals surface area contributed by atoms with Gasteiger partial charge in [0.1, 0.15) is 17.3 Å². The Kier molecular flexibility index (Phi) is 6.60. The van der Waals surface area contributed by atoms with Gasteiger partial charge in [0.2, 0.25) is 0 Å². The standard InChI is InChI=1S/C28H28N2O5/c1-16(2)21-14-22(17(3)12-23(21)35-5)26(31)24-25(18-8-7-11-29-15-18)30(28(33)27(24)32)19-9-6-10-20(13-19)34-4/h6-16,25,31H,1-5H3/b26-24+. The van der Waals surface area contributed by atoms with Crippen molar-refractivity contribution in [2.24, 2.45) is 0 Å². The minimum atomic E-state index is -0.861. The predicted molar refractivity (Wildman–Crippen MR) is 134 cm³/mol. The number of anilines is 1. The Morgan fingerprint density at radius 1 is 1.06 bits per heavy atom. The smallest absolute Gasteiger partial charge is 0.300 e. The molecule has 7 nitrogen and oxygen atoms in total. The molecule has 4 rings (SSSR count). The first-order valence-corrected chi connectivity index (χ1v) is 11.3. The summed E-state index contributed by atoms with van der Waals surface area (Å²) >= 11 is 0. The Labute approximate surface area is 204 Å². The lowest BCUT2D eigenvalue weighted by atomic mass is 9.91. The Balaban J connectivity index is 1.97. The van der Waals surface area contributed by atoms with Crippen molar-refractivity contribution in [3.63, 3.8) is 0 Å². The highest BCUT2D eigenvalue weighted by molar-refractivity contribution is 6.51. The van der Waals surface area contributed by atoms with E-state index in [1.807, 2.05) is 32.9 Å². The maximum atomic E-state index is 13.4. The molecule has 0 spiro atoms. The van der Waals surface area contributed by atoms with Crippen LogP contribution in [-0.4, -0.2) is 36.0 Å². The molecular weight excluding hydrogens is 444 g/mol. The number of benzene rings is 2. The van der Waals surface area contributed by atoms with Crippen LogP contribution in [0.25, 0.3) is 5.76 Å². The summed E-state index contributed by atoms with van der Waals surface area (Å²) in [6.45, 7) is 5.88. The third kappa shape index (κ3) is 4.25. The molecule has 1 atom stereocenters. The summed E-state index contributed by atoms with van der Waals surface area (Å²) in [5.74, 6) is -0.365. The average molecular weight is 473 g/mol. The molecule has 1 amide bonds. The van der Waals surface area contributed by atoms with E-state index in [0.717, 1.165) is 11.1 Å². The topological polar surface area (TPSA) is 89.0 Å². The van der Waals surface area contributed by atoms with Gasteiger partial charge >= 0.3 is 0 Å². The number of hydrogen-bond acceptors (Lipinski definition) is 6. The number of methoxy groups -OCH3 is 2. The van der Waals surface area contributed by atoms with Crippen LogP contribution in [0.1, 0.15) is 48.1 Å². The van der Waals surface area contributed by atoms with E-state index >= 15 is 0 Å². The number of carbonyl (C=O) groups excluding carboxylic acids is 2. The zero-order chi connectivity index (χ0) is 25.3. The van der Waals surface area contributed by atoms with Crippen LogP contribution >= 0.6 is 0 Å². The third-order valence-electron chi connectivity index (χ3n) is 6.23. The van der Waals surface area contributed by atoms with Gasteiger partial charge in [0.15, 0.2) is 0 Å². The molecule has 0 bridgehead atoms. The van der Waals surface area contributed by atoms with Gasteiger partial charge in [-0.15, -0.1) is 0 Å². The van der Waals surface area contributed by atoms with Crippen molar-refractivity contribution in [3.05, 3.63) is 88.8 Å². The Bertz CT molecular complexity index is 1310. The number of ketones is 1. The van der Waals surface area contributed by atoms with Gasteiger partial charge in [0.05, 0.1) is 25.8 Å². The summed E-state index contributed by atoms with van der Waals surface area (Å²) < 4.78 is 10.9. The Morgan fingerprint density at radius 3 is 2.46 bits per heavy atom. The summed E-state index contributed by atoms with van der Waals surface area (Å²) in [5, 5.41) is 11.6. The van der Waals surface area contributed by atoms with E-state index in [4.69, 9.17) is 9.47 Å². The number of aliphatic hydroxyl groups is 1. The Morgan fingerprint density at radius 2 is 1.83 bits per heavy atom. The lowest BCUT2D eigenvalue weighted by Gasteiger charge is -2.25. The van der Waals surface area contributed by atoms with E-state index in [2.05, 4.69) is 4.98 Å². The number of pyridine rings is 1. The summed E-state index contributed by atoms with van der Waals surface area (Å²) in [4.78, 5) is 32.3. The van der Waals surface area contributed by atoms with Crippen molar-refractivity contribution >= 4 is 23.1 Å². The molecule has 1 N–H and O–H groups in total. The van der Waals surface area contributed by atoms with E-state index in [-0.39, 0.29) is 17.3 Å². The van der Waals surface area contributed by atoms with Crippen LogP contribution in [0.4, 0.5) is 5.69 Å². The molecule has 2 heterocycles. The highest BCUT2D eigenvalue weighted by Gasteiger charge is 2.47. The number of ether oxygens (including phenoxy) is 2. The zero-order valence-corrected chi connectivity index (χ0v) is 20.4. The summed E-state index contributed by atoms with van der Waals surface area (Å²) in [6, 6.07) is 13.2. The molecule has 7 heteroatoms. The van der Waals surface area contributed by atoms with Crippen molar-refractivity contribution in [2.45, 2.75) is 32.7 Å². The second-order valence-corrected chi connectivity index (χ2v) is 8.72. The van der Waals surface area contributed by atoms with Crippen molar-refractivity contribution < 1.29 is 24.2 Å². The molecule has 0 aliphatic carbocycles. The first-order chi connectivity index (χ1) is 16.8. The van der Waals surface area contributed by atoms with E-state index in [1.54, 1.807) is 55.9 Å². The van der Waals surface area contributed by atoms with Crippen molar-refractivity contribution in [1.82, 2.24) is 4.98 Å². The fourth-order valence-corrected chi connectivity index (χ4v) is 4.44. The molecular formula is C28H28N2O5. The molecule has 0 radical (unpaired) electrons. The third-order valence-corrected chi connectivity index (χ3v) is 6.23. The van der Waals surface area contributed by atoms with Crippen LogP contribution in [0.3, 0.4) is 0 Å². The van der Waals surface area contributed by atoms with Crippen molar-refractivity contribution in [2.75, 3.05) is 19.1 Å². The molecule has 2 aromatic carbocycles. The van der Waals surface area contributed by atoms with Crippen molar-refractivity contribution in [1.29, 1.82) is 0 Å². The fourth-order valence-electron chi connectivity index (χ4n) is 4.44. The number of aryl methyl sites for hydroxylation is 1. The maximum Gasteiger partial charge on any atom is 0.300 e. The highest BCUT2D eigenvalue weighted by atomic mass is 16.5. The Hall–Kier alpha value is -4.13. The largest absolute Gasteiger partial charge is 0.507 e. The van der Waals surface area contributed by atoms with E-state index in [9.17, 15) is 14.7 Å². The van der Waals surface area contributed by atoms with Gasteiger partial charge in [-0.25, -0.2) is 0 Å². The van der Waals surface area contributed by atoms with Gasteiger partial charge in [0, 0.05) is 29.7 Å². The SMILES string of the molecule is COc1cccc(N2C(=O)C(=O)/C(=C(/O)c3cc(C(C)C)c(OC)cc3C)C2c2cccnc2)c1. The number of carbonyl (C=O) groups is 2. The quantitative estimate of drug-likeness (QED) is 0.303. The van der Waals surface area contributed by atoms with Gasteiger partial charge in [-0.3, -0.25) is 19.5 Å². The van der Waals surface area contributed by atoms with Gasteiger partial charge < -0.3 is 14.6 Å². The molecule has 1 fully saturated rings. The molecule has 1 aromatic heterocycles. The molecule has 1 saturated heterocycles. The average Bonchev–Trinajstić information content (AvgIpc) is 3.14. The number of aliphatic hydroxyl groups excluding tert-OH is 1. The van der Waals surface area contributed by atoms with Crippen molar-refractivity contribution in [3.8, 4) is 11.5 Å². The minimum absolute atomic E-state index is 0.00814. The predicted octanol–water partition coefficient (Wildman–Crippen LogP) is 5.16. The van der Waals surface area contributed by atoms with Crippen LogP contribution in [0.5, 0.6) is 11.5 Å². The number of hydrogen-bond donors (Lipinski definition) is 1. The lowest BCUT2D eigenvalue weighted by molar-refractivity contribution is -0.132.